The molecule has 4 nitrogen and oxygen atoms in total. The van der Waals surface area contributed by atoms with Crippen LogP contribution >= 0.6 is 23.1 Å². The molecular formula is C15H23F3N4S2. The minimum absolute atomic E-state index is 0.172. The predicted octanol–water partition coefficient (Wildman–Crippen LogP) is 3.50. The summed E-state index contributed by atoms with van der Waals surface area (Å²) in [6.07, 6.45) is -3.95. The minimum Gasteiger partial charge on any atom is -0.357 e. The fraction of sp³-hybridized carbons (Fsp3) is 0.733. The van der Waals surface area contributed by atoms with E-state index in [1.54, 1.807) is 0 Å². The number of guanidine groups is 1. The van der Waals surface area contributed by atoms with Crippen LogP contribution in [0.4, 0.5) is 13.2 Å². The summed E-state index contributed by atoms with van der Waals surface area (Å²) >= 11 is 2.99. The lowest BCUT2D eigenvalue weighted by Crippen LogP contribution is -2.51. The maximum Gasteiger partial charge on any atom is 0.434 e. The number of rotatable bonds is 4. The van der Waals surface area contributed by atoms with Crippen LogP contribution in [0.15, 0.2) is 10.4 Å². The lowest BCUT2D eigenvalue weighted by Gasteiger charge is -2.39. The van der Waals surface area contributed by atoms with Gasteiger partial charge in [-0.05, 0) is 20.8 Å². The Morgan fingerprint density at radius 3 is 2.79 bits per heavy atom. The maximum atomic E-state index is 12.6. The monoisotopic (exact) mass is 380 g/mol. The molecule has 0 aromatic carbocycles. The van der Waals surface area contributed by atoms with Gasteiger partial charge >= 0.3 is 6.18 Å². The number of hydrogen-bond donors (Lipinski definition) is 1. The van der Waals surface area contributed by atoms with Gasteiger partial charge in [0, 0.05) is 48.5 Å². The van der Waals surface area contributed by atoms with Crippen LogP contribution in [0.3, 0.4) is 0 Å². The van der Waals surface area contributed by atoms with E-state index in [1.165, 1.54) is 0 Å². The van der Waals surface area contributed by atoms with E-state index in [4.69, 9.17) is 0 Å². The van der Waals surface area contributed by atoms with Crippen LogP contribution in [0.25, 0.3) is 0 Å². The molecule has 0 radical (unpaired) electrons. The molecule has 0 spiro atoms. The van der Waals surface area contributed by atoms with Gasteiger partial charge < -0.3 is 10.2 Å². The van der Waals surface area contributed by atoms with E-state index >= 15 is 0 Å². The van der Waals surface area contributed by atoms with Crippen LogP contribution in [0, 0.1) is 0 Å². The Morgan fingerprint density at radius 2 is 2.21 bits per heavy atom. The quantitative estimate of drug-likeness (QED) is 0.641. The first-order chi connectivity index (χ1) is 11.2. The number of halogens is 3. The molecule has 1 aliphatic heterocycles. The zero-order valence-electron chi connectivity index (χ0n) is 14.1. The van der Waals surface area contributed by atoms with E-state index in [0.717, 1.165) is 48.1 Å². The highest BCUT2D eigenvalue weighted by Gasteiger charge is 2.33. The van der Waals surface area contributed by atoms with Gasteiger partial charge in [0.05, 0.1) is 5.01 Å². The van der Waals surface area contributed by atoms with Gasteiger partial charge in [-0.3, -0.25) is 4.99 Å². The molecule has 0 atom stereocenters. The summed E-state index contributed by atoms with van der Waals surface area (Å²) in [5, 5.41) is 4.81. The third-order valence-electron chi connectivity index (χ3n) is 3.49. The molecule has 1 aromatic rings. The van der Waals surface area contributed by atoms with Crippen molar-refractivity contribution in [1.29, 1.82) is 0 Å². The number of aliphatic imine (C=N–C) groups is 1. The van der Waals surface area contributed by atoms with E-state index in [0.29, 0.717) is 18.0 Å². The fourth-order valence-electron chi connectivity index (χ4n) is 2.44. The average Bonchev–Trinajstić information content (AvgIpc) is 2.94. The van der Waals surface area contributed by atoms with Gasteiger partial charge in [0.25, 0.3) is 0 Å². The summed E-state index contributed by atoms with van der Waals surface area (Å²) in [5.74, 6) is 1.87. The van der Waals surface area contributed by atoms with Crippen molar-refractivity contribution in [3.05, 3.63) is 16.1 Å². The van der Waals surface area contributed by atoms with E-state index in [2.05, 4.69) is 34.0 Å². The highest BCUT2D eigenvalue weighted by Crippen LogP contribution is 2.30. The molecule has 0 unspecified atom stereocenters. The Bertz CT molecular complexity index is 569. The first-order valence-electron chi connectivity index (χ1n) is 7.90. The molecule has 2 heterocycles. The Balaban J connectivity index is 1.97. The zero-order valence-corrected chi connectivity index (χ0v) is 15.7. The molecule has 136 valence electrons. The number of alkyl halides is 3. The average molecular weight is 381 g/mol. The molecule has 0 saturated carbocycles. The normalized spacial score (nSPS) is 18.8. The first-order valence-corrected chi connectivity index (χ1v) is 9.76. The molecular weight excluding hydrogens is 357 g/mol. The van der Waals surface area contributed by atoms with Gasteiger partial charge in [0.2, 0.25) is 0 Å². The highest BCUT2D eigenvalue weighted by atomic mass is 32.2. The molecule has 0 bridgehead atoms. The SMILES string of the molecule is CCNC(=NCCc1nc(C(F)(F)F)cs1)N1CCSC(C)(C)C1. The Kier molecular flexibility index (Phi) is 6.41. The summed E-state index contributed by atoms with van der Waals surface area (Å²) in [5.41, 5.74) is -0.812. The Hall–Kier alpha value is -0.960. The van der Waals surface area contributed by atoms with E-state index in [9.17, 15) is 13.2 Å². The smallest absolute Gasteiger partial charge is 0.357 e. The number of thioether (sulfide) groups is 1. The number of nitrogens with one attached hydrogen (secondary N) is 1. The van der Waals surface area contributed by atoms with Gasteiger partial charge in [-0.15, -0.1) is 11.3 Å². The lowest BCUT2D eigenvalue weighted by atomic mass is 10.2. The first kappa shape index (κ1) is 19.4. The summed E-state index contributed by atoms with van der Waals surface area (Å²) in [6, 6.07) is 0. The zero-order chi connectivity index (χ0) is 17.8. The second-order valence-electron chi connectivity index (χ2n) is 6.14. The molecule has 24 heavy (non-hydrogen) atoms. The number of nitrogens with zero attached hydrogens (tertiary/aromatic N) is 3. The van der Waals surface area contributed by atoms with Crippen molar-refractivity contribution in [3.63, 3.8) is 0 Å². The van der Waals surface area contributed by atoms with Gasteiger partial charge in [-0.1, -0.05) is 0 Å². The molecule has 1 aliphatic rings. The van der Waals surface area contributed by atoms with Crippen LogP contribution < -0.4 is 5.32 Å². The van der Waals surface area contributed by atoms with Crippen LogP contribution in [0.1, 0.15) is 31.5 Å². The van der Waals surface area contributed by atoms with Crippen molar-refractivity contribution in [2.45, 2.75) is 38.1 Å². The van der Waals surface area contributed by atoms with Crippen molar-refractivity contribution in [2.24, 2.45) is 4.99 Å². The van der Waals surface area contributed by atoms with Crippen LogP contribution in [-0.4, -0.2) is 52.5 Å². The van der Waals surface area contributed by atoms with Gasteiger partial charge in [-0.2, -0.15) is 24.9 Å². The number of thiazole rings is 1. The molecule has 1 fully saturated rings. The second-order valence-corrected chi connectivity index (χ2v) is 8.88. The van der Waals surface area contributed by atoms with Crippen LogP contribution in [-0.2, 0) is 12.6 Å². The molecule has 0 aliphatic carbocycles. The van der Waals surface area contributed by atoms with Crippen molar-refractivity contribution in [1.82, 2.24) is 15.2 Å². The Morgan fingerprint density at radius 1 is 1.46 bits per heavy atom. The van der Waals surface area contributed by atoms with Crippen molar-refractivity contribution in [2.75, 3.05) is 31.9 Å². The predicted molar refractivity (Wildman–Crippen MR) is 94.9 cm³/mol. The molecule has 0 amide bonds. The van der Waals surface area contributed by atoms with Gasteiger partial charge in [-0.25, -0.2) is 4.98 Å². The summed E-state index contributed by atoms with van der Waals surface area (Å²) in [7, 11) is 0. The molecule has 1 saturated heterocycles. The topological polar surface area (TPSA) is 40.5 Å². The van der Waals surface area contributed by atoms with Crippen molar-refractivity contribution >= 4 is 29.1 Å². The second kappa shape index (κ2) is 7.95. The van der Waals surface area contributed by atoms with E-state index < -0.39 is 11.9 Å². The Labute approximate surface area is 148 Å². The van der Waals surface area contributed by atoms with E-state index in [-0.39, 0.29) is 4.75 Å². The molecule has 1 aromatic heterocycles. The highest BCUT2D eigenvalue weighted by molar-refractivity contribution is 8.00. The van der Waals surface area contributed by atoms with Crippen molar-refractivity contribution in [3.8, 4) is 0 Å². The van der Waals surface area contributed by atoms with Crippen LogP contribution in [0.2, 0.25) is 0 Å². The summed E-state index contributed by atoms with van der Waals surface area (Å²) in [4.78, 5) is 10.4. The summed E-state index contributed by atoms with van der Waals surface area (Å²) < 4.78 is 37.9. The van der Waals surface area contributed by atoms with E-state index in [1.807, 2.05) is 18.7 Å². The van der Waals surface area contributed by atoms with Crippen LogP contribution in [0.5, 0.6) is 0 Å². The fourth-order valence-corrected chi connectivity index (χ4v) is 4.34. The standard InChI is InChI=1S/C15H23F3N4S2/c1-4-19-13(22-7-8-24-14(2,3)10-22)20-6-5-12-21-11(9-23-12)15(16,17)18/h9H,4-8,10H2,1-3H3,(H,19,20). The minimum atomic E-state index is -4.37. The molecule has 9 heteroatoms. The summed E-state index contributed by atoms with van der Waals surface area (Å²) in [6.45, 7) is 9.45. The third kappa shape index (κ3) is 5.54. The van der Waals surface area contributed by atoms with Gasteiger partial charge in [0.1, 0.15) is 0 Å². The third-order valence-corrected chi connectivity index (χ3v) is 5.70. The molecule has 1 N–H and O–H groups in total. The lowest BCUT2D eigenvalue weighted by molar-refractivity contribution is -0.140. The number of hydrogen-bond acceptors (Lipinski definition) is 4. The largest absolute Gasteiger partial charge is 0.434 e. The van der Waals surface area contributed by atoms with Crippen molar-refractivity contribution < 1.29 is 13.2 Å². The molecule has 2 rings (SSSR count). The number of aromatic nitrogens is 1. The van der Waals surface area contributed by atoms with Gasteiger partial charge in [0.15, 0.2) is 11.7 Å². The maximum absolute atomic E-state index is 12.6.